The van der Waals surface area contributed by atoms with Crippen molar-refractivity contribution < 1.29 is 19.4 Å². The number of benzene rings is 1. The summed E-state index contributed by atoms with van der Waals surface area (Å²) in [6.07, 6.45) is 8.64. The van der Waals surface area contributed by atoms with Gasteiger partial charge in [-0.25, -0.2) is 0 Å². The minimum atomic E-state index is -0.644. The van der Waals surface area contributed by atoms with Crippen molar-refractivity contribution in [2.75, 3.05) is 33.9 Å². The summed E-state index contributed by atoms with van der Waals surface area (Å²) in [4.78, 5) is 18.8. The van der Waals surface area contributed by atoms with Crippen molar-refractivity contribution >= 4 is 16.9 Å². The molecular formula is C23H28N2O4. The van der Waals surface area contributed by atoms with E-state index in [1.807, 2.05) is 24.3 Å². The first-order valence-corrected chi connectivity index (χ1v) is 9.91. The first kappa shape index (κ1) is 21.1. The number of piperidine rings is 1. The summed E-state index contributed by atoms with van der Waals surface area (Å²) in [5.74, 6) is 3.11. The number of nitrogens with zero attached hydrogens (tertiary/aromatic N) is 2. The first-order valence-electron chi connectivity index (χ1n) is 9.91. The second-order valence-electron chi connectivity index (χ2n) is 7.49. The van der Waals surface area contributed by atoms with Gasteiger partial charge in [-0.2, -0.15) is 0 Å². The average molecular weight is 396 g/mol. The topological polar surface area (TPSA) is 71.9 Å². The normalized spacial score (nSPS) is 20.8. The fourth-order valence-corrected chi connectivity index (χ4v) is 4.20. The number of methoxy groups -OCH3 is 2. The van der Waals surface area contributed by atoms with E-state index in [2.05, 4.69) is 15.8 Å². The van der Waals surface area contributed by atoms with Gasteiger partial charge < -0.3 is 14.6 Å². The van der Waals surface area contributed by atoms with Gasteiger partial charge in [0.1, 0.15) is 5.75 Å². The van der Waals surface area contributed by atoms with E-state index >= 15 is 0 Å². The molecule has 1 unspecified atom stereocenters. The lowest BCUT2D eigenvalue weighted by Crippen LogP contribution is -2.44. The van der Waals surface area contributed by atoms with Crippen LogP contribution in [0.5, 0.6) is 5.75 Å². The Hall–Kier alpha value is -2.62. The van der Waals surface area contributed by atoms with Crippen LogP contribution in [0.2, 0.25) is 0 Å². The van der Waals surface area contributed by atoms with Crippen molar-refractivity contribution in [2.45, 2.75) is 25.4 Å². The highest BCUT2D eigenvalue weighted by atomic mass is 16.5. The highest BCUT2D eigenvalue weighted by Crippen LogP contribution is 2.34. The Labute approximate surface area is 171 Å². The molecule has 29 heavy (non-hydrogen) atoms. The number of likely N-dealkylation sites (tertiary alicyclic amines) is 1. The van der Waals surface area contributed by atoms with E-state index in [1.165, 1.54) is 7.11 Å². The number of aromatic nitrogens is 1. The maximum atomic E-state index is 12.3. The number of carbonyl (C=O) groups is 1. The van der Waals surface area contributed by atoms with Crippen molar-refractivity contribution in [1.29, 1.82) is 0 Å². The van der Waals surface area contributed by atoms with Crippen LogP contribution >= 0.6 is 0 Å². The van der Waals surface area contributed by atoms with Crippen molar-refractivity contribution in [2.24, 2.45) is 11.8 Å². The lowest BCUT2D eigenvalue weighted by Gasteiger charge is -2.36. The molecule has 0 saturated carbocycles. The quantitative estimate of drug-likeness (QED) is 0.573. The molecule has 1 aromatic carbocycles. The van der Waals surface area contributed by atoms with E-state index in [1.54, 1.807) is 13.3 Å². The predicted octanol–water partition coefficient (Wildman–Crippen LogP) is 2.80. The molecule has 3 atom stereocenters. The number of ether oxygens (including phenoxy) is 2. The minimum Gasteiger partial charge on any atom is -0.497 e. The Morgan fingerprint density at radius 2 is 2.24 bits per heavy atom. The maximum Gasteiger partial charge on any atom is 0.310 e. The second kappa shape index (κ2) is 9.73. The standard InChI is InChI=1S/C23H28N2O4/c1-4-12-25-13-10-16(20(15-25)23(27)29-3)5-8-22(26)18-9-11-24-21-7-6-17(28-2)14-19(18)21/h1,6-7,9,11,14,16,20,22,26H,5,8,10,12-13,15H2,2-3H3/t16-,20+,22?/m1/s1. The smallest absolute Gasteiger partial charge is 0.310 e. The van der Waals surface area contributed by atoms with Gasteiger partial charge in [-0.1, -0.05) is 5.92 Å². The summed E-state index contributed by atoms with van der Waals surface area (Å²) < 4.78 is 10.3. The number of hydrogen-bond donors (Lipinski definition) is 1. The molecule has 1 aliphatic rings. The van der Waals surface area contributed by atoms with E-state index < -0.39 is 6.10 Å². The summed E-state index contributed by atoms with van der Waals surface area (Å²) in [6, 6.07) is 7.49. The number of aliphatic hydroxyl groups excluding tert-OH is 1. The van der Waals surface area contributed by atoms with Crippen LogP contribution in [0.3, 0.4) is 0 Å². The number of terminal acetylenes is 1. The Bertz CT molecular complexity index is 892. The molecule has 1 saturated heterocycles. The molecule has 1 N–H and O–H groups in total. The number of esters is 1. The summed E-state index contributed by atoms with van der Waals surface area (Å²) >= 11 is 0. The van der Waals surface area contributed by atoms with Gasteiger partial charge in [0.15, 0.2) is 0 Å². The van der Waals surface area contributed by atoms with Crippen LogP contribution in [0.1, 0.15) is 30.9 Å². The van der Waals surface area contributed by atoms with Gasteiger partial charge in [0, 0.05) is 18.1 Å². The molecule has 1 aliphatic heterocycles. The number of pyridine rings is 1. The fourth-order valence-electron chi connectivity index (χ4n) is 4.20. The zero-order valence-electron chi connectivity index (χ0n) is 17.0. The van der Waals surface area contributed by atoms with E-state index in [-0.39, 0.29) is 17.8 Å². The molecule has 0 spiro atoms. The summed E-state index contributed by atoms with van der Waals surface area (Å²) in [7, 11) is 3.04. The highest BCUT2D eigenvalue weighted by Gasteiger charge is 2.35. The first-order chi connectivity index (χ1) is 14.1. The van der Waals surface area contributed by atoms with Gasteiger partial charge in [0.25, 0.3) is 0 Å². The van der Waals surface area contributed by atoms with E-state index in [0.717, 1.165) is 41.6 Å². The van der Waals surface area contributed by atoms with Crippen molar-refractivity contribution in [1.82, 2.24) is 9.88 Å². The molecule has 0 amide bonds. The number of aliphatic hydroxyl groups is 1. The van der Waals surface area contributed by atoms with E-state index in [9.17, 15) is 9.90 Å². The zero-order valence-corrected chi connectivity index (χ0v) is 17.0. The Morgan fingerprint density at radius 3 is 2.97 bits per heavy atom. The van der Waals surface area contributed by atoms with E-state index in [4.69, 9.17) is 15.9 Å². The molecule has 2 heterocycles. The van der Waals surface area contributed by atoms with Gasteiger partial charge in [0.2, 0.25) is 0 Å². The lowest BCUT2D eigenvalue weighted by atomic mass is 9.81. The van der Waals surface area contributed by atoms with Gasteiger partial charge in [-0.15, -0.1) is 6.42 Å². The summed E-state index contributed by atoms with van der Waals surface area (Å²) in [5.41, 5.74) is 1.64. The molecule has 0 bridgehead atoms. The van der Waals surface area contributed by atoms with Gasteiger partial charge in [-0.3, -0.25) is 14.7 Å². The molecule has 154 valence electrons. The van der Waals surface area contributed by atoms with Crippen LogP contribution in [-0.4, -0.2) is 54.8 Å². The minimum absolute atomic E-state index is 0.161. The van der Waals surface area contributed by atoms with Crippen molar-refractivity contribution in [3.8, 4) is 18.1 Å². The lowest BCUT2D eigenvalue weighted by molar-refractivity contribution is -0.150. The maximum absolute atomic E-state index is 12.3. The highest BCUT2D eigenvalue weighted by molar-refractivity contribution is 5.83. The average Bonchev–Trinajstić information content (AvgIpc) is 2.76. The van der Waals surface area contributed by atoms with Crippen LogP contribution in [0.25, 0.3) is 10.9 Å². The number of hydrogen-bond acceptors (Lipinski definition) is 6. The third kappa shape index (κ3) is 4.87. The van der Waals surface area contributed by atoms with Crippen LogP contribution in [0.4, 0.5) is 0 Å². The van der Waals surface area contributed by atoms with Gasteiger partial charge in [-0.05, 0) is 61.6 Å². The zero-order chi connectivity index (χ0) is 20.8. The van der Waals surface area contributed by atoms with Crippen molar-refractivity contribution in [3.05, 3.63) is 36.0 Å². The SMILES string of the molecule is C#CCN1CC[C@@H](CCC(O)c2ccnc3ccc(OC)cc23)[C@@H](C(=O)OC)C1. The Kier molecular flexibility index (Phi) is 7.08. The summed E-state index contributed by atoms with van der Waals surface area (Å²) in [5, 5.41) is 11.8. The second-order valence-corrected chi connectivity index (χ2v) is 7.49. The fraction of sp³-hybridized carbons (Fsp3) is 0.478. The van der Waals surface area contributed by atoms with Crippen LogP contribution in [-0.2, 0) is 9.53 Å². The van der Waals surface area contributed by atoms with Crippen LogP contribution in [0.15, 0.2) is 30.5 Å². The van der Waals surface area contributed by atoms with Crippen LogP contribution < -0.4 is 4.74 Å². The predicted molar refractivity (Wildman–Crippen MR) is 111 cm³/mol. The molecule has 2 aromatic rings. The monoisotopic (exact) mass is 396 g/mol. The molecule has 6 heteroatoms. The largest absolute Gasteiger partial charge is 0.497 e. The summed E-state index contributed by atoms with van der Waals surface area (Å²) in [6.45, 7) is 1.99. The Balaban J connectivity index is 1.72. The molecule has 0 aliphatic carbocycles. The van der Waals surface area contributed by atoms with E-state index in [0.29, 0.717) is 19.5 Å². The molecule has 1 aromatic heterocycles. The van der Waals surface area contributed by atoms with Crippen LogP contribution in [0, 0.1) is 24.2 Å². The molecule has 3 rings (SSSR count). The third-order valence-electron chi connectivity index (χ3n) is 5.81. The molecule has 6 nitrogen and oxygen atoms in total. The van der Waals surface area contributed by atoms with Crippen molar-refractivity contribution in [3.63, 3.8) is 0 Å². The number of rotatable bonds is 7. The number of fused-ring (bicyclic) bond motifs is 1. The third-order valence-corrected chi connectivity index (χ3v) is 5.81. The number of carbonyl (C=O) groups excluding carboxylic acids is 1. The molecular weight excluding hydrogens is 368 g/mol. The van der Waals surface area contributed by atoms with Gasteiger partial charge >= 0.3 is 5.97 Å². The van der Waals surface area contributed by atoms with Gasteiger partial charge in [0.05, 0.1) is 38.3 Å². The molecule has 1 fully saturated rings. The molecule has 0 radical (unpaired) electrons. The Morgan fingerprint density at radius 1 is 1.41 bits per heavy atom.